The highest BCUT2D eigenvalue weighted by Gasteiger charge is 2.31. The average Bonchev–Trinajstić information content (AvgIpc) is 2.91. The lowest BCUT2D eigenvalue weighted by molar-refractivity contribution is -0.555. The van der Waals surface area contributed by atoms with E-state index >= 15 is 0 Å². The van der Waals surface area contributed by atoms with Gasteiger partial charge in [-0.15, -0.1) is 17.7 Å². The van der Waals surface area contributed by atoms with Gasteiger partial charge in [0.05, 0.1) is 0 Å². The molecule has 5 nitrogen and oxygen atoms in total. The molecule has 1 N–H and O–H groups in total. The largest absolute Gasteiger partial charge is 0.573 e. The van der Waals surface area contributed by atoms with Gasteiger partial charge in [0.1, 0.15) is 5.75 Å². The number of aryl methyl sites for hydroxylation is 1. The lowest BCUT2D eigenvalue weighted by Crippen LogP contribution is -2.26. The molecule has 4 aromatic rings. The lowest BCUT2D eigenvalue weighted by atomic mass is 10.1. The Morgan fingerprint density at radius 1 is 1.04 bits per heavy atom. The third kappa shape index (κ3) is 2.69. The number of H-pyrrole nitrogens is 1. The molecule has 0 bridgehead atoms. The number of nitrogens with one attached hydrogen (secondary N) is 1. The minimum atomic E-state index is -4.80. The molecular formula is C18H13F3N3O2+. The number of aromatic nitrogens is 3. The number of ether oxygens (including phenoxy) is 1. The standard InChI is InChI=1S/C18H12F3N3O2/c1-11-9-16-17(25)23(22-24(16)15-8-3-2-7-14(11)15)12-5-4-6-13(10-12)26-18(19,20)21/h2-10H,1H3/p+1. The summed E-state index contributed by atoms with van der Waals surface area (Å²) in [7, 11) is 0. The molecule has 0 aliphatic rings. The fourth-order valence-corrected chi connectivity index (χ4v) is 3.00. The number of hydrogen-bond acceptors (Lipinski definition) is 2. The number of alkyl halides is 3. The summed E-state index contributed by atoms with van der Waals surface area (Å²) in [5.41, 5.74) is 1.98. The number of fused-ring (bicyclic) bond motifs is 3. The monoisotopic (exact) mass is 360 g/mol. The van der Waals surface area contributed by atoms with Crippen LogP contribution in [0, 0.1) is 6.92 Å². The summed E-state index contributed by atoms with van der Waals surface area (Å²) in [6.45, 7) is 1.90. The Labute approximate surface area is 144 Å². The summed E-state index contributed by atoms with van der Waals surface area (Å²) < 4.78 is 44.0. The zero-order valence-electron chi connectivity index (χ0n) is 13.5. The molecule has 0 saturated heterocycles. The van der Waals surface area contributed by atoms with Crippen LogP contribution in [0.15, 0.2) is 59.4 Å². The number of rotatable bonds is 2. The SMILES string of the molecule is Cc1cc2c(=O)n(-c3cccc(OC(F)(F)F)c3)[nH][n+]2c2ccccc12. The van der Waals surface area contributed by atoms with Crippen LogP contribution in [-0.2, 0) is 0 Å². The van der Waals surface area contributed by atoms with Gasteiger partial charge in [-0.3, -0.25) is 0 Å². The first kappa shape index (κ1) is 16.2. The first-order valence-electron chi connectivity index (χ1n) is 7.75. The van der Waals surface area contributed by atoms with Crippen LogP contribution >= 0.6 is 0 Å². The molecule has 132 valence electrons. The summed E-state index contributed by atoms with van der Waals surface area (Å²) in [5.74, 6) is -0.397. The van der Waals surface area contributed by atoms with Crippen LogP contribution in [0.1, 0.15) is 5.56 Å². The van der Waals surface area contributed by atoms with Gasteiger partial charge in [0.2, 0.25) is 5.52 Å². The molecule has 26 heavy (non-hydrogen) atoms. The van der Waals surface area contributed by atoms with E-state index in [1.54, 1.807) is 10.6 Å². The summed E-state index contributed by atoms with van der Waals surface area (Å²) in [5, 5.41) is 3.89. The third-order valence-electron chi connectivity index (χ3n) is 4.10. The van der Waals surface area contributed by atoms with Gasteiger partial charge >= 0.3 is 11.9 Å². The van der Waals surface area contributed by atoms with Crippen molar-refractivity contribution in [2.24, 2.45) is 0 Å². The normalized spacial score (nSPS) is 12.0. The van der Waals surface area contributed by atoms with E-state index in [2.05, 4.69) is 9.95 Å². The van der Waals surface area contributed by atoms with Crippen LogP contribution in [0.3, 0.4) is 0 Å². The minimum Gasteiger partial charge on any atom is -0.406 e. The van der Waals surface area contributed by atoms with Crippen LogP contribution in [0.4, 0.5) is 13.2 Å². The van der Waals surface area contributed by atoms with Gasteiger partial charge in [0.15, 0.2) is 11.2 Å². The zero-order chi connectivity index (χ0) is 18.5. The van der Waals surface area contributed by atoms with Crippen LogP contribution in [-0.4, -0.2) is 16.3 Å². The summed E-state index contributed by atoms with van der Waals surface area (Å²) in [6.07, 6.45) is -4.80. The van der Waals surface area contributed by atoms with Crippen molar-refractivity contribution in [3.05, 3.63) is 70.5 Å². The molecule has 4 rings (SSSR count). The molecule has 0 aliphatic heterocycles. The zero-order valence-corrected chi connectivity index (χ0v) is 13.5. The average molecular weight is 360 g/mol. The van der Waals surface area contributed by atoms with E-state index in [9.17, 15) is 18.0 Å². The van der Waals surface area contributed by atoms with Crippen molar-refractivity contribution in [3.63, 3.8) is 0 Å². The first-order chi connectivity index (χ1) is 12.3. The second kappa shape index (κ2) is 5.62. The highest BCUT2D eigenvalue weighted by Crippen LogP contribution is 2.24. The number of halogens is 3. The fourth-order valence-electron chi connectivity index (χ4n) is 3.00. The van der Waals surface area contributed by atoms with Crippen LogP contribution < -0.4 is 14.8 Å². The lowest BCUT2D eigenvalue weighted by Gasteiger charge is -2.08. The van der Waals surface area contributed by atoms with Gasteiger partial charge < -0.3 is 4.74 Å². The molecule has 0 atom stereocenters. The predicted molar refractivity (Wildman–Crippen MR) is 88.5 cm³/mol. The maximum Gasteiger partial charge on any atom is 0.573 e. The molecule has 0 amide bonds. The van der Waals surface area contributed by atoms with Gasteiger partial charge in [-0.1, -0.05) is 34.2 Å². The van der Waals surface area contributed by atoms with Gasteiger partial charge in [0.25, 0.3) is 0 Å². The van der Waals surface area contributed by atoms with Crippen molar-refractivity contribution in [2.75, 3.05) is 0 Å². The Morgan fingerprint density at radius 3 is 2.58 bits per heavy atom. The molecule has 8 heteroatoms. The first-order valence-corrected chi connectivity index (χ1v) is 7.75. The molecule has 0 radical (unpaired) electrons. The molecule has 2 heterocycles. The molecule has 0 fully saturated rings. The Bertz CT molecular complexity index is 1190. The van der Waals surface area contributed by atoms with E-state index in [1.807, 2.05) is 31.2 Å². The van der Waals surface area contributed by atoms with Crippen molar-refractivity contribution < 1.29 is 22.4 Å². The highest BCUT2D eigenvalue weighted by molar-refractivity contribution is 5.80. The van der Waals surface area contributed by atoms with E-state index < -0.39 is 12.1 Å². The summed E-state index contributed by atoms with van der Waals surface area (Å²) in [4.78, 5) is 12.8. The van der Waals surface area contributed by atoms with E-state index in [0.29, 0.717) is 5.52 Å². The Hall–Kier alpha value is -3.29. The second-order valence-electron chi connectivity index (χ2n) is 5.85. The number of nitrogens with zero attached hydrogens (tertiary/aromatic N) is 2. The number of aromatic amines is 1. The van der Waals surface area contributed by atoms with E-state index in [1.165, 1.54) is 22.9 Å². The number of hydrogen-bond donors (Lipinski definition) is 1. The Morgan fingerprint density at radius 2 is 1.81 bits per heavy atom. The molecule has 2 aromatic carbocycles. The van der Waals surface area contributed by atoms with Crippen LogP contribution in [0.2, 0.25) is 0 Å². The topological polar surface area (TPSA) is 51.1 Å². The maximum absolute atomic E-state index is 12.8. The summed E-state index contributed by atoms with van der Waals surface area (Å²) >= 11 is 0. The van der Waals surface area contributed by atoms with Crippen molar-refractivity contribution in [2.45, 2.75) is 13.3 Å². The van der Waals surface area contributed by atoms with Gasteiger partial charge in [-0.05, 0) is 36.8 Å². The number of para-hydroxylation sites is 1. The quantitative estimate of drug-likeness (QED) is 0.558. The van der Waals surface area contributed by atoms with E-state index in [-0.39, 0.29) is 11.2 Å². The maximum atomic E-state index is 12.8. The number of pyridine rings is 1. The predicted octanol–water partition coefficient (Wildman–Crippen LogP) is 3.26. The molecule has 0 aliphatic carbocycles. The second-order valence-corrected chi connectivity index (χ2v) is 5.85. The Balaban J connectivity index is 1.93. The van der Waals surface area contributed by atoms with Crippen molar-refractivity contribution >= 4 is 16.4 Å². The van der Waals surface area contributed by atoms with Crippen LogP contribution in [0.25, 0.3) is 22.1 Å². The molecule has 0 spiro atoms. The van der Waals surface area contributed by atoms with Gasteiger partial charge in [0, 0.05) is 11.5 Å². The van der Waals surface area contributed by atoms with Crippen molar-refractivity contribution in [3.8, 4) is 11.4 Å². The van der Waals surface area contributed by atoms with Gasteiger partial charge in [-0.25, -0.2) is 4.79 Å². The van der Waals surface area contributed by atoms with Crippen LogP contribution in [0.5, 0.6) is 5.75 Å². The minimum absolute atomic E-state index is 0.238. The van der Waals surface area contributed by atoms with E-state index in [0.717, 1.165) is 22.5 Å². The van der Waals surface area contributed by atoms with Crippen molar-refractivity contribution in [1.29, 1.82) is 0 Å². The van der Waals surface area contributed by atoms with Gasteiger partial charge in [-0.2, -0.15) is 0 Å². The highest BCUT2D eigenvalue weighted by atomic mass is 19.4. The smallest absolute Gasteiger partial charge is 0.406 e. The molecule has 2 aromatic heterocycles. The fraction of sp³-hybridized carbons (Fsp3) is 0.111. The molecular weight excluding hydrogens is 347 g/mol. The summed E-state index contributed by atoms with van der Waals surface area (Å²) in [6, 6.07) is 14.5. The molecule has 0 saturated carbocycles. The van der Waals surface area contributed by atoms with Crippen molar-refractivity contribution in [1.82, 2.24) is 9.90 Å². The Kier molecular flexibility index (Phi) is 3.50. The van der Waals surface area contributed by atoms with E-state index in [4.69, 9.17) is 0 Å². The number of benzene rings is 2. The molecule has 0 unspecified atom stereocenters. The third-order valence-corrected chi connectivity index (χ3v) is 4.10.